The number of carbonyl (C=O) groups is 1. The number of ether oxygens (including phenoxy) is 1. The molecule has 1 fully saturated rings. The lowest BCUT2D eigenvalue weighted by atomic mass is 10.1. The summed E-state index contributed by atoms with van der Waals surface area (Å²) < 4.78 is 6.04. The fraction of sp³-hybridized carbons (Fsp3) is 0.353. The predicted octanol–water partition coefficient (Wildman–Crippen LogP) is 4.15. The van der Waals surface area contributed by atoms with Crippen LogP contribution in [0.25, 0.3) is 0 Å². The second-order valence-electron chi connectivity index (χ2n) is 5.92. The molecule has 0 saturated heterocycles. The lowest BCUT2D eigenvalue weighted by Crippen LogP contribution is -2.24. The maximum absolute atomic E-state index is 10.9. The molecule has 7 nitrogen and oxygen atoms in total. The first-order valence-corrected chi connectivity index (χ1v) is 8.22. The third-order valence-corrected chi connectivity index (χ3v) is 4.13. The van der Waals surface area contributed by atoms with Crippen LogP contribution in [0.15, 0.2) is 24.3 Å². The summed E-state index contributed by atoms with van der Waals surface area (Å²) in [5, 5.41) is 17.6. The Balaban J connectivity index is 1.87. The van der Waals surface area contributed by atoms with Crippen molar-refractivity contribution >= 4 is 17.7 Å². The van der Waals surface area contributed by atoms with Crippen LogP contribution in [0.5, 0.6) is 11.6 Å². The third-order valence-electron chi connectivity index (χ3n) is 3.95. The monoisotopic (exact) mass is 363 g/mol. The average Bonchev–Trinajstić information content (AvgIpc) is 3.41. The summed E-state index contributed by atoms with van der Waals surface area (Å²) >= 11 is 5.91. The van der Waals surface area contributed by atoms with Crippen LogP contribution in [0, 0.1) is 6.92 Å². The normalized spacial score (nSPS) is 13.6. The van der Waals surface area contributed by atoms with E-state index < -0.39 is 6.09 Å². The Labute approximate surface area is 150 Å². The van der Waals surface area contributed by atoms with Gasteiger partial charge in [0.2, 0.25) is 5.88 Å². The quantitative estimate of drug-likeness (QED) is 0.776. The van der Waals surface area contributed by atoms with Crippen LogP contribution in [0.4, 0.5) is 4.79 Å². The van der Waals surface area contributed by atoms with Crippen molar-refractivity contribution < 1.29 is 19.5 Å². The Hall–Kier alpha value is -2.38. The van der Waals surface area contributed by atoms with E-state index in [1.54, 1.807) is 6.07 Å². The van der Waals surface area contributed by atoms with E-state index in [2.05, 4.69) is 16.3 Å². The van der Waals surface area contributed by atoms with Gasteiger partial charge in [-0.05, 0) is 42.9 Å². The number of benzene rings is 1. The first kappa shape index (κ1) is 17.4. The topological polar surface area (TPSA) is 84.8 Å². The van der Waals surface area contributed by atoms with Crippen molar-refractivity contribution in [3.8, 4) is 11.6 Å². The fourth-order valence-corrected chi connectivity index (χ4v) is 2.60. The van der Waals surface area contributed by atoms with Gasteiger partial charge in [0, 0.05) is 12.6 Å². The van der Waals surface area contributed by atoms with Crippen LogP contribution in [-0.4, -0.2) is 33.5 Å². The molecule has 0 atom stereocenters. The van der Waals surface area contributed by atoms with Gasteiger partial charge in [-0.3, -0.25) is 4.84 Å². The first-order valence-electron chi connectivity index (χ1n) is 7.84. The van der Waals surface area contributed by atoms with Crippen molar-refractivity contribution in [3.05, 3.63) is 46.1 Å². The zero-order valence-corrected chi connectivity index (χ0v) is 14.7. The number of nitrogens with zero attached hydrogens (tertiary/aromatic N) is 3. The van der Waals surface area contributed by atoms with E-state index in [4.69, 9.17) is 26.3 Å². The lowest BCUT2D eigenvalue weighted by molar-refractivity contribution is -0.123. The SMILES string of the molecule is Cc1cccc(C2CC2)c1Oc1nnc(Cl)cc1CON(C)C(=O)O. The molecular formula is C17H18ClN3O4. The van der Waals surface area contributed by atoms with Gasteiger partial charge in [0.1, 0.15) is 12.4 Å². The number of aryl methyl sites for hydroxylation is 1. The minimum Gasteiger partial charge on any atom is -0.463 e. The Morgan fingerprint density at radius 1 is 1.40 bits per heavy atom. The Bertz CT molecular complexity index is 795. The number of aromatic nitrogens is 2. The van der Waals surface area contributed by atoms with Crippen molar-refractivity contribution in [1.82, 2.24) is 15.3 Å². The van der Waals surface area contributed by atoms with Gasteiger partial charge in [0.05, 0.1) is 0 Å². The fourth-order valence-electron chi connectivity index (χ4n) is 2.43. The summed E-state index contributed by atoms with van der Waals surface area (Å²) in [4.78, 5) is 16.0. The molecule has 8 heteroatoms. The molecule has 3 rings (SSSR count). The predicted molar refractivity (Wildman–Crippen MR) is 90.8 cm³/mol. The van der Waals surface area contributed by atoms with Crippen LogP contribution in [-0.2, 0) is 11.4 Å². The zero-order chi connectivity index (χ0) is 18.0. The molecule has 132 valence electrons. The number of carboxylic acid groups (broad SMARTS) is 1. The van der Waals surface area contributed by atoms with Gasteiger partial charge in [-0.25, -0.2) is 4.79 Å². The summed E-state index contributed by atoms with van der Waals surface area (Å²) in [6.07, 6.45) is 1.09. The Morgan fingerprint density at radius 3 is 2.84 bits per heavy atom. The second-order valence-corrected chi connectivity index (χ2v) is 6.31. The second kappa shape index (κ2) is 7.25. The molecule has 1 amide bonds. The molecular weight excluding hydrogens is 346 g/mol. The number of halogens is 1. The van der Waals surface area contributed by atoms with Gasteiger partial charge in [0.25, 0.3) is 0 Å². The molecule has 1 aromatic carbocycles. The van der Waals surface area contributed by atoms with Crippen LogP contribution in [0.3, 0.4) is 0 Å². The molecule has 1 aliphatic carbocycles. The summed E-state index contributed by atoms with van der Waals surface area (Å²) in [6.45, 7) is 1.91. The molecule has 0 aliphatic heterocycles. The Kier molecular flexibility index (Phi) is 5.06. The average molecular weight is 364 g/mol. The van der Waals surface area contributed by atoms with E-state index >= 15 is 0 Å². The number of hydrogen-bond acceptors (Lipinski definition) is 5. The number of hydroxylamine groups is 2. The van der Waals surface area contributed by atoms with Crippen molar-refractivity contribution in [2.45, 2.75) is 32.3 Å². The summed E-state index contributed by atoms with van der Waals surface area (Å²) in [6, 6.07) is 7.58. The van der Waals surface area contributed by atoms with Crippen molar-refractivity contribution in [2.24, 2.45) is 0 Å². The van der Waals surface area contributed by atoms with Gasteiger partial charge in [-0.1, -0.05) is 29.8 Å². The van der Waals surface area contributed by atoms with Crippen LogP contribution < -0.4 is 4.74 Å². The number of amides is 1. The summed E-state index contributed by atoms with van der Waals surface area (Å²) in [7, 11) is 1.30. The molecule has 25 heavy (non-hydrogen) atoms. The van der Waals surface area contributed by atoms with Gasteiger partial charge < -0.3 is 9.84 Å². The maximum Gasteiger partial charge on any atom is 0.431 e. The van der Waals surface area contributed by atoms with E-state index in [1.807, 2.05) is 19.1 Å². The summed E-state index contributed by atoms with van der Waals surface area (Å²) in [5.41, 5.74) is 2.65. The highest BCUT2D eigenvalue weighted by molar-refractivity contribution is 6.29. The van der Waals surface area contributed by atoms with Crippen LogP contribution in [0.1, 0.15) is 35.4 Å². The smallest absolute Gasteiger partial charge is 0.431 e. The molecule has 1 N–H and O–H groups in total. The van der Waals surface area contributed by atoms with E-state index in [1.165, 1.54) is 7.05 Å². The standard InChI is InChI=1S/C17H18ClN3O4/c1-10-4-3-5-13(11-6-7-11)15(10)25-16-12(8-14(18)19-20-16)9-24-21(2)17(22)23/h3-5,8,11H,6-7,9H2,1-2H3,(H,22,23). The van der Waals surface area contributed by atoms with Gasteiger partial charge in [0.15, 0.2) is 5.15 Å². The number of rotatable bonds is 6. The van der Waals surface area contributed by atoms with E-state index in [0.717, 1.165) is 29.7 Å². The molecule has 0 spiro atoms. The minimum atomic E-state index is -1.20. The van der Waals surface area contributed by atoms with Crippen molar-refractivity contribution in [1.29, 1.82) is 0 Å². The van der Waals surface area contributed by atoms with Gasteiger partial charge in [-0.2, -0.15) is 5.06 Å². The van der Waals surface area contributed by atoms with Gasteiger partial charge >= 0.3 is 6.09 Å². The van der Waals surface area contributed by atoms with Crippen molar-refractivity contribution in [3.63, 3.8) is 0 Å². The molecule has 1 saturated carbocycles. The zero-order valence-electron chi connectivity index (χ0n) is 13.9. The molecule has 0 unspecified atom stereocenters. The minimum absolute atomic E-state index is 0.0575. The molecule has 0 bridgehead atoms. The third kappa shape index (κ3) is 4.18. The van der Waals surface area contributed by atoms with E-state index in [-0.39, 0.29) is 17.6 Å². The molecule has 2 aromatic rings. The Morgan fingerprint density at radius 2 is 2.16 bits per heavy atom. The van der Waals surface area contributed by atoms with E-state index in [0.29, 0.717) is 16.5 Å². The van der Waals surface area contributed by atoms with Crippen LogP contribution in [0.2, 0.25) is 5.15 Å². The number of hydrogen-bond donors (Lipinski definition) is 1. The molecule has 1 heterocycles. The van der Waals surface area contributed by atoms with Gasteiger partial charge in [-0.15, -0.1) is 10.2 Å². The highest BCUT2D eigenvalue weighted by Crippen LogP contribution is 2.46. The van der Waals surface area contributed by atoms with Crippen LogP contribution >= 0.6 is 11.6 Å². The highest BCUT2D eigenvalue weighted by Gasteiger charge is 2.28. The largest absolute Gasteiger partial charge is 0.463 e. The van der Waals surface area contributed by atoms with E-state index in [9.17, 15) is 4.79 Å². The summed E-state index contributed by atoms with van der Waals surface area (Å²) in [5.74, 6) is 1.52. The molecule has 0 radical (unpaired) electrons. The highest BCUT2D eigenvalue weighted by atomic mass is 35.5. The molecule has 1 aliphatic rings. The maximum atomic E-state index is 10.9. The lowest BCUT2D eigenvalue weighted by Gasteiger charge is -2.16. The molecule has 1 aromatic heterocycles. The van der Waals surface area contributed by atoms with Crippen molar-refractivity contribution in [2.75, 3.05) is 7.05 Å². The first-order chi connectivity index (χ1) is 12.0. The number of para-hydroxylation sites is 1.